The number of carbonyl (C=O) groups excluding carboxylic acids is 1. The van der Waals surface area contributed by atoms with Crippen LogP contribution in [0.3, 0.4) is 0 Å². The van der Waals surface area contributed by atoms with Crippen LogP contribution in [0.2, 0.25) is 0 Å². The van der Waals surface area contributed by atoms with Crippen LogP contribution >= 0.6 is 0 Å². The SMILES string of the molecule is CC(=O)NCc1cccc(-c2cccc([C@H]3O[C@@H](CN4CC5(C)CC4CC(C)(C)C5)[C@@H](C)[C@@H](c4ccc(CO)cc4)O3)c2)c1. The van der Waals surface area contributed by atoms with E-state index in [0.717, 1.165) is 46.5 Å². The predicted molar refractivity (Wildman–Crippen MR) is 173 cm³/mol. The topological polar surface area (TPSA) is 71.0 Å². The van der Waals surface area contributed by atoms with E-state index < -0.39 is 6.29 Å². The molecule has 3 aromatic carbocycles. The molecule has 0 aromatic heterocycles. The van der Waals surface area contributed by atoms with Crippen molar-refractivity contribution in [2.75, 3.05) is 13.1 Å². The summed E-state index contributed by atoms with van der Waals surface area (Å²) in [6.45, 7) is 13.7. The Kier molecular flexibility index (Phi) is 8.73. The van der Waals surface area contributed by atoms with E-state index in [1.54, 1.807) is 0 Å². The molecule has 2 bridgehead atoms. The third-order valence-electron chi connectivity index (χ3n) is 10.0. The van der Waals surface area contributed by atoms with Crippen molar-refractivity contribution in [3.05, 3.63) is 95.1 Å². The summed E-state index contributed by atoms with van der Waals surface area (Å²) in [5, 5.41) is 12.5. The Hall–Kier alpha value is -3.03. The number of hydrogen-bond acceptors (Lipinski definition) is 5. The van der Waals surface area contributed by atoms with E-state index in [2.05, 4.69) is 86.4 Å². The van der Waals surface area contributed by atoms with Gasteiger partial charge in [0.15, 0.2) is 6.29 Å². The fourth-order valence-corrected chi connectivity index (χ4v) is 8.30. The van der Waals surface area contributed by atoms with Crippen molar-refractivity contribution in [1.82, 2.24) is 10.2 Å². The van der Waals surface area contributed by atoms with E-state index >= 15 is 0 Å². The summed E-state index contributed by atoms with van der Waals surface area (Å²) in [7, 11) is 0. The van der Waals surface area contributed by atoms with Gasteiger partial charge in [0, 0.05) is 44.1 Å². The molecule has 3 aromatic rings. The molecule has 0 spiro atoms. The zero-order valence-corrected chi connectivity index (χ0v) is 26.9. The van der Waals surface area contributed by atoms with Crippen LogP contribution in [0.15, 0.2) is 72.8 Å². The molecule has 6 nitrogen and oxygen atoms in total. The molecule has 6 heteroatoms. The van der Waals surface area contributed by atoms with E-state index in [4.69, 9.17) is 9.47 Å². The molecular weight excluding hydrogens is 548 g/mol. The lowest BCUT2D eigenvalue weighted by atomic mass is 9.65. The van der Waals surface area contributed by atoms with Gasteiger partial charge in [-0.2, -0.15) is 0 Å². The molecule has 2 aliphatic heterocycles. The van der Waals surface area contributed by atoms with Crippen molar-refractivity contribution in [2.45, 2.75) is 91.6 Å². The Labute approximate surface area is 262 Å². The van der Waals surface area contributed by atoms with Crippen LogP contribution in [0.4, 0.5) is 0 Å². The number of benzene rings is 3. The minimum absolute atomic E-state index is 0.00645. The van der Waals surface area contributed by atoms with Crippen molar-refractivity contribution >= 4 is 5.91 Å². The molecular formula is C38H48N2O4. The fourth-order valence-electron chi connectivity index (χ4n) is 8.30. The van der Waals surface area contributed by atoms with Crippen LogP contribution in [0.1, 0.15) is 88.5 Å². The number of amides is 1. The molecule has 6 rings (SSSR count). The number of ether oxygens (including phenoxy) is 2. The number of likely N-dealkylation sites (tertiary alicyclic amines) is 1. The highest BCUT2D eigenvalue weighted by Gasteiger charge is 2.51. The smallest absolute Gasteiger partial charge is 0.217 e. The molecule has 2 heterocycles. The van der Waals surface area contributed by atoms with Crippen molar-refractivity contribution < 1.29 is 19.4 Å². The molecule has 0 radical (unpaired) electrons. The summed E-state index contributed by atoms with van der Waals surface area (Å²) in [6.07, 6.45) is 3.15. The van der Waals surface area contributed by atoms with Crippen LogP contribution in [-0.2, 0) is 27.4 Å². The first-order valence-electron chi connectivity index (χ1n) is 16.2. The first kappa shape index (κ1) is 31.0. The van der Waals surface area contributed by atoms with Crippen LogP contribution in [0.5, 0.6) is 0 Å². The largest absolute Gasteiger partial charge is 0.392 e. The summed E-state index contributed by atoms with van der Waals surface area (Å²) in [6, 6.07) is 25.5. The van der Waals surface area contributed by atoms with Gasteiger partial charge in [0.2, 0.25) is 5.91 Å². The van der Waals surface area contributed by atoms with Gasteiger partial charge in [-0.15, -0.1) is 0 Å². The standard InChI is InChI=1S/C38H48N2O4/c1-25-34(21-40-24-38(5)19-33(40)18-37(3,4)23-38)43-36(44-35(25)29-14-12-27(22-41)13-15-29)32-11-7-10-31(17-32)30-9-6-8-28(16-30)20-39-26(2)42/h6-17,25,33-36,41H,18-24H2,1-5H3,(H,39,42)/t25-,33?,34+,35+,36+,38?/m1/s1. The number of aliphatic hydroxyl groups is 1. The number of aliphatic hydroxyl groups excluding tert-OH is 1. The summed E-state index contributed by atoms with van der Waals surface area (Å²) >= 11 is 0. The van der Waals surface area contributed by atoms with Gasteiger partial charge < -0.3 is 19.9 Å². The molecule has 1 amide bonds. The Morgan fingerprint density at radius 1 is 0.932 bits per heavy atom. The van der Waals surface area contributed by atoms with Crippen molar-refractivity contribution in [3.63, 3.8) is 0 Å². The second-order valence-corrected chi connectivity index (χ2v) is 14.7. The quantitative estimate of drug-likeness (QED) is 0.288. The van der Waals surface area contributed by atoms with Crippen molar-refractivity contribution in [3.8, 4) is 11.1 Å². The van der Waals surface area contributed by atoms with Gasteiger partial charge in [0.25, 0.3) is 0 Å². The van der Waals surface area contributed by atoms with E-state index in [9.17, 15) is 9.90 Å². The highest BCUT2D eigenvalue weighted by Crippen LogP contribution is 2.53. The van der Waals surface area contributed by atoms with E-state index in [0.29, 0.717) is 23.4 Å². The van der Waals surface area contributed by atoms with E-state index in [-0.39, 0.29) is 30.6 Å². The van der Waals surface area contributed by atoms with Gasteiger partial charge in [0.05, 0.1) is 18.8 Å². The second kappa shape index (κ2) is 12.4. The van der Waals surface area contributed by atoms with E-state index in [1.807, 2.05) is 24.3 Å². The Morgan fingerprint density at radius 3 is 2.39 bits per heavy atom. The molecule has 3 aliphatic rings. The number of nitrogens with zero attached hydrogens (tertiary/aromatic N) is 1. The Morgan fingerprint density at radius 2 is 1.66 bits per heavy atom. The van der Waals surface area contributed by atoms with E-state index in [1.165, 1.54) is 26.2 Å². The molecule has 2 saturated heterocycles. The van der Waals surface area contributed by atoms with Crippen LogP contribution in [0.25, 0.3) is 11.1 Å². The Bertz CT molecular complexity index is 1470. The number of fused-ring (bicyclic) bond motifs is 2. The van der Waals surface area contributed by atoms with Gasteiger partial charge >= 0.3 is 0 Å². The van der Waals surface area contributed by atoms with Crippen molar-refractivity contribution in [1.29, 1.82) is 0 Å². The summed E-state index contributed by atoms with van der Waals surface area (Å²) in [4.78, 5) is 14.2. The van der Waals surface area contributed by atoms with Gasteiger partial charge in [0.1, 0.15) is 0 Å². The zero-order chi connectivity index (χ0) is 31.1. The lowest BCUT2D eigenvalue weighted by molar-refractivity contribution is -0.276. The second-order valence-electron chi connectivity index (χ2n) is 14.7. The molecule has 6 atom stereocenters. The normalized spacial score (nSPS) is 29.8. The molecule has 1 saturated carbocycles. The number of hydrogen-bond donors (Lipinski definition) is 2. The summed E-state index contributed by atoms with van der Waals surface area (Å²) < 4.78 is 13.7. The van der Waals surface area contributed by atoms with Gasteiger partial charge in [-0.25, -0.2) is 0 Å². The highest BCUT2D eigenvalue weighted by atomic mass is 16.7. The number of nitrogens with one attached hydrogen (secondary N) is 1. The molecule has 2 N–H and O–H groups in total. The molecule has 2 unspecified atom stereocenters. The maximum atomic E-state index is 11.5. The van der Waals surface area contributed by atoms with Gasteiger partial charge in [-0.1, -0.05) is 88.4 Å². The molecule has 44 heavy (non-hydrogen) atoms. The Balaban J connectivity index is 1.28. The van der Waals surface area contributed by atoms with Crippen LogP contribution in [0, 0.1) is 16.7 Å². The first-order valence-corrected chi connectivity index (χ1v) is 16.2. The predicted octanol–water partition coefficient (Wildman–Crippen LogP) is 7.17. The van der Waals surface area contributed by atoms with Gasteiger partial charge in [-0.3, -0.25) is 9.69 Å². The maximum absolute atomic E-state index is 11.5. The third kappa shape index (κ3) is 6.79. The lowest BCUT2D eigenvalue weighted by Gasteiger charge is -2.43. The van der Waals surface area contributed by atoms with Gasteiger partial charge in [-0.05, 0) is 70.0 Å². The van der Waals surface area contributed by atoms with Crippen LogP contribution < -0.4 is 5.32 Å². The zero-order valence-electron chi connectivity index (χ0n) is 26.9. The average Bonchev–Trinajstić information content (AvgIpc) is 3.24. The first-order chi connectivity index (χ1) is 21.0. The number of rotatable bonds is 8. The van der Waals surface area contributed by atoms with Crippen molar-refractivity contribution in [2.24, 2.45) is 16.7 Å². The monoisotopic (exact) mass is 596 g/mol. The molecule has 1 aliphatic carbocycles. The van der Waals surface area contributed by atoms with Crippen LogP contribution in [-0.4, -0.2) is 41.1 Å². The fraction of sp³-hybridized carbons (Fsp3) is 0.500. The summed E-state index contributed by atoms with van der Waals surface area (Å²) in [5.74, 6) is 0.115. The maximum Gasteiger partial charge on any atom is 0.217 e. The molecule has 3 fully saturated rings. The third-order valence-corrected chi connectivity index (χ3v) is 10.0. The molecule has 234 valence electrons. The summed E-state index contributed by atoms with van der Waals surface area (Å²) in [5.41, 5.74) is 6.97. The minimum atomic E-state index is -0.504. The average molecular weight is 597 g/mol. The lowest BCUT2D eigenvalue weighted by Crippen LogP contribution is -2.46. The minimum Gasteiger partial charge on any atom is -0.392 e. The highest BCUT2D eigenvalue weighted by molar-refractivity contribution is 5.73. The number of carbonyl (C=O) groups is 1.